The number of nitrogens with zero attached hydrogens (tertiary/aromatic N) is 1. The summed E-state index contributed by atoms with van der Waals surface area (Å²) in [5.74, 6) is 1.70. The first-order chi connectivity index (χ1) is 9.57. The fourth-order valence-electron chi connectivity index (χ4n) is 3.63. The number of nitrogens with two attached hydrogens (primary N) is 1. The summed E-state index contributed by atoms with van der Waals surface area (Å²) in [6, 6.07) is 4.38. The van der Waals surface area contributed by atoms with Crippen LogP contribution in [0.3, 0.4) is 0 Å². The van der Waals surface area contributed by atoms with Gasteiger partial charge in [-0.15, -0.1) is 11.3 Å². The van der Waals surface area contributed by atoms with Crippen LogP contribution in [0.15, 0.2) is 17.5 Å². The summed E-state index contributed by atoms with van der Waals surface area (Å²) in [4.78, 5) is 3.98. The second kappa shape index (κ2) is 7.06. The van der Waals surface area contributed by atoms with E-state index in [2.05, 4.69) is 43.3 Å². The SMILES string of the molecule is CC(C)C1CCCC(CN)(N(C)Cc2cccs2)CC1. The van der Waals surface area contributed by atoms with Crippen LogP contribution in [0.25, 0.3) is 0 Å². The molecular formula is C17H30N2S. The molecule has 2 nitrogen and oxygen atoms in total. The van der Waals surface area contributed by atoms with E-state index in [9.17, 15) is 0 Å². The Hall–Kier alpha value is -0.380. The van der Waals surface area contributed by atoms with Crippen LogP contribution in [0.1, 0.15) is 50.8 Å². The molecule has 114 valence electrons. The normalized spacial score (nSPS) is 28.0. The van der Waals surface area contributed by atoms with Crippen molar-refractivity contribution >= 4 is 11.3 Å². The first-order valence-electron chi connectivity index (χ1n) is 8.01. The fraction of sp³-hybridized carbons (Fsp3) is 0.765. The topological polar surface area (TPSA) is 29.3 Å². The molecule has 0 amide bonds. The van der Waals surface area contributed by atoms with Gasteiger partial charge in [-0.1, -0.05) is 32.8 Å². The highest BCUT2D eigenvalue weighted by atomic mass is 32.1. The molecule has 1 aromatic heterocycles. The number of rotatable bonds is 5. The summed E-state index contributed by atoms with van der Waals surface area (Å²) in [5.41, 5.74) is 6.44. The highest BCUT2D eigenvalue weighted by Crippen LogP contribution is 2.37. The van der Waals surface area contributed by atoms with Crippen LogP contribution in [0.5, 0.6) is 0 Å². The van der Waals surface area contributed by atoms with E-state index in [-0.39, 0.29) is 5.54 Å². The van der Waals surface area contributed by atoms with Gasteiger partial charge in [-0.25, -0.2) is 0 Å². The van der Waals surface area contributed by atoms with Crippen LogP contribution in [0, 0.1) is 11.8 Å². The summed E-state index contributed by atoms with van der Waals surface area (Å²) in [5, 5.41) is 2.17. The van der Waals surface area contributed by atoms with Gasteiger partial charge in [0, 0.05) is 23.5 Å². The highest BCUT2D eigenvalue weighted by Gasteiger charge is 2.36. The quantitative estimate of drug-likeness (QED) is 0.828. The molecular weight excluding hydrogens is 264 g/mol. The summed E-state index contributed by atoms with van der Waals surface area (Å²) in [7, 11) is 2.27. The largest absolute Gasteiger partial charge is 0.329 e. The summed E-state index contributed by atoms with van der Waals surface area (Å²) in [6.45, 7) is 6.58. The molecule has 0 aromatic carbocycles. The van der Waals surface area contributed by atoms with Gasteiger partial charge >= 0.3 is 0 Å². The minimum Gasteiger partial charge on any atom is -0.329 e. The lowest BCUT2D eigenvalue weighted by Crippen LogP contribution is -2.51. The Morgan fingerprint density at radius 2 is 2.20 bits per heavy atom. The predicted octanol–water partition coefficient (Wildman–Crippen LogP) is 4.11. The van der Waals surface area contributed by atoms with Crippen LogP contribution in [-0.2, 0) is 6.54 Å². The molecule has 2 atom stereocenters. The van der Waals surface area contributed by atoms with E-state index in [1.54, 1.807) is 0 Å². The molecule has 3 heteroatoms. The van der Waals surface area contributed by atoms with Gasteiger partial charge in [-0.05, 0) is 49.6 Å². The first-order valence-corrected chi connectivity index (χ1v) is 8.89. The Morgan fingerprint density at radius 3 is 2.80 bits per heavy atom. The molecule has 1 aliphatic rings. The maximum atomic E-state index is 6.22. The Labute approximate surface area is 128 Å². The molecule has 0 bridgehead atoms. The van der Waals surface area contributed by atoms with E-state index < -0.39 is 0 Å². The van der Waals surface area contributed by atoms with E-state index >= 15 is 0 Å². The summed E-state index contributed by atoms with van der Waals surface area (Å²) in [6.07, 6.45) is 6.56. The van der Waals surface area contributed by atoms with Gasteiger partial charge in [0.25, 0.3) is 0 Å². The van der Waals surface area contributed by atoms with Crippen molar-refractivity contribution < 1.29 is 0 Å². The third-order valence-electron chi connectivity index (χ3n) is 5.30. The van der Waals surface area contributed by atoms with Gasteiger partial charge in [0.1, 0.15) is 0 Å². The van der Waals surface area contributed by atoms with Gasteiger partial charge in [0.15, 0.2) is 0 Å². The second-order valence-corrected chi connectivity index (χ2v) is 7.83. The van der Waals surface area contributed by atoms with Crippen molar-refractivity contribution in [3.8, 4) is 0 Å². The third kappa shape index (κ3) is 3.63. The van der Waals surface area contributed by atoms with Crippen LogP contribution >= 0.6 is 11.3 Å². The summed E-state index contributed by atoms with van der Waals surface area (Å²) >= 11 is 1.85. The van der Waals surface area contributed by atoms with Gasteiger partial charge in [-0.2, -0.15) is 0 Å². The average molecular weight is 295 g/mol. The molecule has 1 saturated carbocycles. The molecule has 1 heterocycles. The molecule has 1 aromatic rings. The highest BCUT2D eigenvalue weighted by molar-refractivity contribution is 7.09. The lowest BCUT2D eigenvalue weighted by molar-refractivity contribution is 0.0986. The van der Waals surface area contributed by atoms with Crippen molar-refractivity contribution in [3.63, 3.8) is 0 Å². The van der Waals surface area contributed by atoms with Crippen molar-refractivity contribution in [3.05, 3.63) is 22.4 Å². The Balaban J connectivity index is 2.04. The van der Waals surface area contributed by atoms with Crippen molar-refractivity contribution in [1.82, 2.24) is 4.90 Å². The Kier molecular flexibility index (Phi) is 5.65. The molecule has 20 heavy (non-hydrogen) atoms. The van der Waals surface area contributed by atoms with Crippen LogP contribution in [0.2, 0.25) is 0 Å². The van der Waals surface area contributed by atoms with E-state index in [1.807, 2.05) is 11.3 Å². The molecule has 0 spiro atoms. The Bertz CT molecular complexity index is 388. The number of likely N-dealkylation sites (N-methyl/N-ethyl adjacent to an activating group) is 1. The van der Waals surface area contributed by atoms with Crippen LogP contribution in [-0.4, -0.2) is 24.0 Å². The van der Waals surface area contributed by atoms with E-state index in [0.29, 0.717) is 0 Å². The maximum Gasteiger partial charge on any atom is 0.0332 e. The van der Waals surface area contributed by atoms with Crippen molar-refractivity contribution in [1.29, 1.82) is 0 Å². The van der Waals surface area contributed by atoms with Gasteiger partial charge in [0.05, 0.1) is 0 Å². The molecule has 2 N–H and O–H groups in total. The minimum atomic E-state index is 0.216. The maximum absolute atomic E-state index is 6.22. The first kappa shape index (κ1) is 16.0. The zero-order valence-electron chi connectivity index (χ0n) is 13.3. The smallest absolute Gasteiger partial charge is 0.0332 e. The van der Waals surface area contributed by atoms with Crippen LogP contribution < -0.4 is 5.73 Å². The molecule has 0 radical (unpaired) electrons. The molecule has 1 aliphatic carbocycles. The van der Waals surface area contributed by atoms with Crippen LogP contribution in [0.4, 0.5) is 0 Å². The Morgan fingerprint density at radius 1 is 1.40 bits per heavy atom. The zero-order valence-corrected chi connectivity index (χ0v) is 14.1. The standard InChI is InChI=1S/C17H30N2S/c1-14(2)15-6-4-9-17(13-18,10-8-15)19(3)12-16-7-5-11-20-16/h5,7,11,14-15H,4,6,8-10,12-13,18H2,1-3H3. The molecule has 0 saturated heterocycles. The van der Waals surface area contributed by atoms with E-state index in [1.165, 1.54) is 37.0 Å². The number of thiophene rings is 1. The van der Waals surface area contributed by atoms with Crippen molar-refractivity contribution in [2.45, 2.75) is 58.0 Å². The lowest BCUT2D eigenvalue weighted by atomic mass is 9.85. The van der Waals surface area contributed by atoms with Gasteiger partial charge in [0.2, 0.25) is 0 Å². The lowest BCUT2D eigenvalue weighted by Gasteiger charge is -2.41. The predicted molar refractivity (Wildman–Crippen MR) is 89.0 cm³/mol. The van der Waals surface area contributed by atoms with Gasteiger partial charge in [-0.3, -0.25) is 4.90 Å². The third-order valence-corrected chi connectivity index (χ3v) is 6.16. The minimum absolute atomic E-state index is 0.216. The monoisotopic (exact) mass is 294 g/mol. The summed E-state index contributed by atoms with van der Waals surface area (Å²) < 4.78 is 0. The second-order valence-electron chi connectivity index (χ2n) is 6.80. The molecule has 0 aliphatic heterocycles. The number of hydrogen-bond acceptors (Lipinski definition) is 3. The van der Waals surface area contributed by atoms with E-state index in [4.69, 9.17) is 5.73 Å². The van der Waals surface area contributed by atoms with E-state index in [0.717, 1.165) is 24.9 Å². The molecule has 1 fully saturated rings. The average Bonchev–Trinajstić information content (AvgIpc) is 2.82. The van der Waals surface area contributed by atoms with Crippen molar-refractivity contribution in [2.24, 2.45) is 17.6 Å². The zero-order chi connectivity index (χ0) is 14.6. The molecule has 2 unspecified atom stereocenters. The van der Waals surface area contributed by atoms with Gasteiger partial charge < -0.3 is 5.73 Å². The fourth-order valence-corrected chi connectivity index (χ4v) is 4.39. The molecule has 2 rings (SSSR count). The van der Waals surface area contributed by atoms with Crippen molar-refractivity contribution in [2.75, 3.05) is 13.6 Å². The number of hydrogen-bond donors (Lipinski definition) is 1.